The van der Waals surface area contributed by atoms with Crippen molar-refractivity contribution in [2.24, 2.45) is 0 Å². The fourth-order valence-electron chi connectivity index (χ4n) is 2.39. The largest absolute Gasteiger partial charge is 0.416 e. The van der Waals surface area contributed by atoms with Crippen molar-refractivity contribution in [3.05, 3.63) is 73.8 Å². The molecule has 0 radical (unpaired) electrons. The van der Waals surface area contributed by atoms with Gasteiger partial charge in [-0.3, -0.25) is 25.0 Å². The summed E-state index contributed by atoms with van der Waals surface area (Å²) in [6, 6.07) is 7.56. The van der Waals surface area contributed by atoms with Crippen LogP contribution in [0.3, 0.4) is 0 Å². The van der Waals surface area contributed by atoms with Crippen LogP contribution in [0.25, 0.3) is 0 Å². The van der Waals surface area contributed by atoms with Crippen molar-refractivity contribution in [3.8, 4) is 0 Å². The normalized spacial score (nSPS) is 11.0. The maximum atomic E-state index is 12.7. The van der Waals surface area contributed by atoms with Gasteiger partial charge < -0.3 is 10.6 Å². The van der Waals surface area contributed by atoms with E-state index >= 15 is 0 Å². The number of non-ortho nitro benzene ring substituents is 1. The maximum absolute atomic E-state index is 12.7. The lowest BCUT2D eigenvalue weighted by atomic mass is 10.1. The van der Waals surface area contributed by atoms with Gasteiger partial charge in [-0.1, -0.05) is 12.1 Å². The summed E-state index contributed by atoms with van der Waals surface area (Å²) in [5.41, 5.74) is -1.51. The van der Waals surface area contributed by atoms with Crippen molar-refractivity contribution >= 4 is 23.0 Å². The van der Waals surface area contributed by atoms with E-state index < -0.39 is 27.3 Å². The number of amides is 1. The van der Waals surface area contributed by atoms with E-state index in [0.29, 0.717) is 11.6 Å². The van der Waals surface area contributed by atoms with Crippen LogP contribution in [0.4, 0.5) is 30.2 Å². The minimum Gasteiger partial charge on any atom is -0.378 e. The van der Waals surface area contributed by atoms with Gasteiger partial charge in [0.05, 0.1) is 21.8 Å². The van der Waals surface area contributed by atoms with Crippen LogP contribution in [-0.4, -0.2) is 28.8 Å². The lowest BCUT2D eigenvalue weighted by molar-refractivity contribution is -0.384. The summed E-state index contributed by atoms with van der Waals surface area (Å²) in [5, 5.41) is 26.7. The van der Waals surface area contributed by atoms with Gasteiger partial charge in [-0.05, 0) is 17.7 Å². The highest BCUT2D eigenvalue weighted by atomic mass is 19.4. The number of rotatable bonds is 8. The number of nitrogens with zero attached hydrogens (tertiary/aromatic N) is 2. The van der Waals surface area contributed by atoms with E-state index in [1.807, 2.05) is 0 Å². The van der Waals surface area contributed by atoms with Crippen LogP contribution in [-0.2, 0) is 17.4 Å². The van der Waals surface area contributed by atoms with Crippen LogP contribution in [0.1, 0.15) is 11.1 Å². The highest BCUT2D eigenvalue weighted by Crippen LogP contribution is 2.34. The van der Waals surface area contributed by atoms with E-state index in [0.717, 1.165) is 12.1 Å². The van der Waals surface area contributed by atoms with Crippen LogP contribution in [0, 0.1) is 20.2 Å². The molecule has 0 aromatic heterocycles. The summed E-state index contributed by atoms with van der Waals surface area (Å²) in [7, 11) is 0. The first-order valence-corrected chi connectivity index (χ1v) is 8.17. The number of hydrogen-bond donors (Lipinski definition) is 2. The molecule has 2 aromatic carbocycles. The molecule has 0 aliphatic heterocycles. The van der Waals surface area contributed by atoms with Crippen molar-refractivity contribution in [1.82, 2.24) is 5.32 Å². The highest BCUT2D eigenvalue weighted by Gasteiger charge is 2.33. The van der Waals surface area contributed by atoms with Crippen molar-refractivity contribution in [3.63, 3.8) is 0 Å². The van der Waals surface area contributed by atoms with Gasteiger partial charge in [-0.15, -0.1) is 0 Å². The van der Waals surface area contributed by atoms with Gasteiger partial charge in [-0.25, -0.2) is 0 Å². The summed E-state index contributed by atoms with van der Waals surface area (Å²) in [5.74, 6) is -0.387. The van der Waals surface area contributed by atoms with Gasteiger partial charge in [0.15, 0.2) is 0 Å². The second kappa shape index (κ2) is 8.99. The number of carbonyl (C=O) groups excluding carboxylic acids is 1. The van der Waals surface area contributed by atoms with Crippen LogP contribution in [0.2, 0.25) is 0 Å². The van der Waals surface area contributed by atoms with E-state index in [-0.39, 0.29) is 36.8 Å². The Morgan fingerprint density at radius 3 is 2.17 bits per heavy atom. The molecule has 29 heavy (non-hydrogen) atoms. The van der Waals surface area contributed by atoms with Gasteiger partial charge in [-0.2, -0.15) is 13.2 Å². The fraction of sp³-hybridized carbons (Fsp3) is 0.235. The third-order valence-electron chi connectivity index (χ3n) is 3.80. The van der Waals surface area contributed by atoms with Gasteiger partial charge in [0.25, 0.3) is 11.4 Å². The average molecular weight is 412 g/mol. The molecule has 0 spiro atoms. The predicted octanol–water partition coefficient (Wildman–Crippen LogP) is 3.29. The summed E-state index contributed by atoms with van der Waals surface area (Å²) in [6.07, 6.45) is -4.73. The second-order valence-electron chi connectivity index (χ2n) is 5.86. The van der Waals surface area contributed by atoms with Crippen molar-refractivity contribution in [2.45, 2.75) is 12.6 Å². The molecule has 154 valence electrons. The van der Waals surface area contributed by atoms with Gasteiger partial charge in [0.2, 0.25) is 5.91 Å². The third kappa shape index (κ3) is 6.16. The van der Waals surface area contributed by atoms with E-state index in [1.165, 1.54) is 24.3 Å². The van der Waals surface area contributed by atoms with Crippen molar-refractivity contribution in [1.29, 1.82) is 0 Å². The fourth-order valence-corrected chi connectivity index (χ4v) is 2.39. The summed E-state index contributed by atoms with van der Waals surface area (Å²) in [4.78, 5) is 32.0. The molecule has 0 heterocycles. The highest BCUT2D eigenvalue weighted by molar-refractivity contribution is 5.78. The molecular weight excluding hydrogens is 397 g/mol. The quantitative estimate of drug-likeness (QED) is 0.389. The summed E-state index contributed by atoms with van der Waals surface area (Å²) < 4.78 is 38.0. The number of halogens is 3. The number of carbonyl (C=O) groups is 1. The SMILES string of the molecule is O=C(Cc1ccc([N+](=O)[O-])cc1)NCCNc1ccc(C(F)(F)F)cc1[N+](=O)[O-]. The Morgan fingerprint density at radius 1 is 0.966 bits per heavy atom. The molecule has 0 saturated heterocycles. The molecule has 2 N–H and O–H groups in total. The zero-order valence-electron chi connectivity index (χ0n) is 14.7. The zero-order chi connectivity index (χ0) is 21.6. The first-order chi connectivity index (χ1) is 13.6. The number of alkyl halides is 3. The molecule has 1 amide bonds. The minimum atomic E-state index is -4.70. The summed E-state index contributed by atoms with van der Waals surface area (Å²) >= 11 is 0. The Hall–Kier alpha value is -3.70. The lowest BCUT2D eigenvalue weighted by Gasteiger charge is -2.11. The van der Waals surface area contributed by atoms with Gasteiger partial charge >= 0.3 is 6.18 Å². The van der Waals surface area contributed by atoms with Crippen molar-refractivity contribution in [2.75, 3.05) is 18.4 Å². The number of nitro benzene ring substituents is 2. The minimum absolute atomic E-state index is 0.0293. The average Bonchev–Trinajstić information content (AvgIpc) is 2.64. The molecule has 0 aliphatic rings. The molecule has 2 rings (SSSR count). The second-order valence-corrected chi connectivity index (χ2v) is 5.86. The molecule has 0 aliphatic carbocycles. The molecule has 0 bridgehead atoms. The smallest absolute Gasteiger partial charge is 0.378 e. The Kier molecular flexibility index (Phi) is 6.70. The third-order valence-corrected chi connectivity index (χ3v) is 3.80. The van der Waals surface area contributed by atoms with E-state index in [1.54, 1.807) is 0 Å². The first-order valence-electron chi connectivity index (χ1n) is 8.17. The Labute approximate surface area is 161 Å². The molecular formula is C17H15F3N4O5. The van der Waals surface area contributed by atoms with Crippen LogP contribution in [0.15, 0.2) is 42.5 Å². The zero-order valence-corrected chi connectivity index (χ0v) is 14.7. The maximum Gasteiger partial charge on any atom is 0.416 e. The molecule has 2 aromatic rings. The molecule has 0 fully saturated rings. The van der Waals surface area contributed by atoms with E-state index in [4.69, 9.17) is 0 Å². The monoisotopic (exact) mass is 412 g/mol. The number of nitro groups is 2. The van der Waals surface area contributed by atoms with E-state index in [9.17, 15) is 38.2 Å². The molecule has 0 unspecified atom stereocenters. The van der Waals surface area contributed by atoms with Crippen LogP contribution >= 0.6 is 0 Å². The number of anilines is 1. The number of nitrogens with one attached hydrogen (secondary N) is 2. The Morgan fingerprint density at radius 2 is 1.62 bits per heavy atom. The predicted molar refractivity (Wildman–Crippen MR) is 96.4 cm³/mol. The Balaban J connectivity index is 1.87. The first kappa shape index (κ1) is 21.6. The lowest BCUT2D eigenvalue weighted by Crippen LogP contribution is -2.30. The van der Waals surface area contributed by atoms with Gasteiger partial charge in [0.1, 0.15) is 5.69 Å². The standard InChI is InChI=1S/C17H15F3N4O5/c18-17(19,20)12-3-6-14(15(10-12)24(28)29)21-7-8-22-16(25)9-11-1-4-13(5-2-11)23(26)27/h1-6,10,21H,7-9H2,(H,22,25). The topological polar surface area (TPSA) is 127 Å². The molecule has 9 nitrogen and oxygen atoms in total. The van der Waals surface area contributed by atoms with Gasteiger partial charge in [0, 0.05) is 31.3 Å². The molecule has 0 atom stereocenters. The van der Waals surface area contributed by atoms with E-state index in [2.05, 4.69) is 10.6 Å². The Bertz CT molecular complexity index is 916. The number of benzene rings is 2. The number of hydrogen-bond acceptors (Lipinski definition) is 6. The molecule has 12 heteroatoms. The van der Waals surface area contributed by atoms with Crippen LogP contribution in [0.5, 0.6) is 0 Å². The van der Waals surface area contributed by atoms with Crippen LogP contribution < -0.4 is 10.6 Å². The molecule has 0 saturated carbocycles. The summed E-state index contributed by atoms with van der Waals surface area (Å²) in [6.45, 7) is 0.0994. The van der Waals surface area contributed by atoms with Crippen molar-refractivity contribution < 1.29 is 27.8 Å².